The molecule has 2 atom stereocenters. The maximum absolute atomic E-state index is 14.8. The molecule has 14 heteroatoms. The second-order valence-electron chi connectivity index (χ2n) is 11.1. The molecule has 11 nitrogen and oxygen atoms in total. The highest BCUT2D eigenvalue weighted by Crippen LogP contribution is 2.44. The smallest absolute Gasteiger partial charge is 0.259 e. The Morgan fingerprint density at radius 3 is 2.65 bits per heavy atom. The second kappa shape index (κ2) is 8.54. The molecule has 208 valence electrons. The normalized spacial score (nSPS) is 21.9. The van der Waals surface area contributed by atoms with Crippen LogP contribution >= 0.6 is 0 Å². The standard InChI is InChI=1S/C26H25F2N7O4S/c1-14-5-19(27)16(23-31-25(39-32-23)17-7-20(17)28)8-21(14)30-24(36)18-9-29-35-4-3-15(6-22(18)35)33-10-26(11-33)12-34(13-26)40(2,37)38/h3-6,8-9,17,20H,7,10-13H2,1-2H3,(H,30,36)/t17-,20-/m0/s1. The molecule has 3 aromatic heterocycles. The first-order chi connectivity index (χ1) is 19.0. The molecule has 0 bridgehead atoms. The molecule has 4 aromatic rings. The lowest BCUT2D eigenvalue weighted by Gasteiger charge is -2.60. The van der Waals surface area contributed by atoms with Crippen LogP contribution in [0.2, 0.25) is 0 Å². The highest BCUT2D eigenvalue weighted by molar-refractivity contribution is 7.88. The van der Waals surface area contributed by atoms with E-state index in [9.17, 15) is 22.0 Å². The van der Waals surface area contributed by atoms with Crippen LogP contribution in [-0.2, 0) is 10.0 Å². The molecule has 0 radical (unpaired) electrons. The van der Waals surface area contributed by atoms with Gasteiger partial charge in [-0.2, -0.15) is 10.1 Å². The monoisotopic (exact) mass is 569 g/mol. The van der Waals surface area contributed by atoms with Gasteiger partial charge in [0.05, 0.1) is 35.0 Å². The Bertz CT molecular complexity index is 1790. The van der Waals surface area contributed by atoms with Gasteiger partial charge in [0.2, 0.25) is 21.7 Å². The fraction of sp³-hybridized carbons (Fsp3) is 0.385. The lowest BCUT2D eigenvalue weighted by Crippen LogP contribution is -2.72. The number of amides is 1. The maximum atomic E-state index is 14.8. The van der Waals surface area contributed by atoms with Crippen LogP contribution in [0.25, 0.3) is 16.9 Å². The van der Waals surface area contributed by atoms with Gasteiger partial charge in [-0.15, -0.1) is 0 Å². The molecule has 0 unspecified atom stereocenters. The highest BCUT2D eigenvalue weighted by atomic mass is 32.2. The van der Waals surface area contributed by atoms with Crippen LogP contribution in [-0.4, -0.2) is 77.0 Å². The van der Waals surface area contributed by atoms with Gasteiger partial charge in [-0.1, -0.05) is 5.16 Å². The van der Waals surface area contributed by atoms with E-state index >= 15 is 0 Å². The van der Waals surface area contributed by atoms with E-state index in [0.717, 1.165) is 18.8 Å². The third-order valence-electron chi connectivity index (χ3n) is 7.93. The van der Waals surface area contributed by atoms with E-state index in [1.54, 1.807) is 17.6 Å². The van der Waals surface area contributed by atoms with Crippen molar-refractivity contribution in [2.45, 2.75) is 25.4 Å². The summed E-state index contributed by atoms with van der Waals surface area (Å²) in [7, 11) is -3.17. The van der Waals surface area contributed by atoms with Crippen LogP contribution in [0.5, 0.6) is 0 Å². The van der Waals surface area contributed by atoms with Crippen LogP contribution in [0.15, 0.2) is 41.2 Å². The number of nitrogens with one attached hydrogen (secondary N) is 1. The number of anilines is 2. The number of nitrogens with zero attached hydrogens (tertiary/aromatic N) is 6. The number of aryl methyl sites for hydroxylation is 1. The summed E-state index contributed by atoms with van der Waals surface area (Å²) in [5.74, 6) is -1.35. The number of sulfonamides is 1. The second-order valence-corrected chi connectivity index (χ2v) is 13.1. The molecule has 1 saturated carbocycles. The number of benzene rings is 1. The number of alkyl halides is 1. The Kier molecular flexibility index (Phi) is 5.36. The van der Waals surface area contributed by atoms with Crippen LogP contribution in [0.1, 0.15) is 34.2 Å². The van der Waals surface area contributed by atoms with Crippen LogP contribution < -0.4 is 10.2 Å². The number of pyridine rings is 1. The Morgan fingerprint density at radius 1 is 1.20 bits per heavy atom. The minimum absolute atomic E-state index is 0.0128. The predicted molar refractivity (Wildman–Crippen MR) is 141 cm³/mol. The van der Waals surface area contributed by atoms with E-state index in [1.165, 1.54) is 28.9 Å². The molecule has 2 aliphatic heterocycles. The first-order valence-electron chi connectivity index (χ1n) is 12.8. The molecule has 1 amide bonds. The first-order valence-corrected chi connectivity index (χ1v) is 14.6. The van der Waals surface area contributed by atoms with Crippen LogP contribution in [0.3, 0.4) is 0 Å². The number of carbonyl (C=O) groups is 1. The van der Waals surface area contributed by atoms with Crippen LogP contribution in [0, 0.1) is 18.2 Å². The van der Waals surface area contributed by atoms with E-state index in [2.05, 4.69) is 25.5 Å². The SMILES string of the molecule is Cc1cc(F)c(-c2noc([C@H]3C[C@@H]3F)n2)cc1NC(=O)c1cnn2ccc(N3CC4(C3)CN(S(C)(=O)=O)C4)cc12. The fourth-order valence-corrected chi connectivity index (χ4v) is 6.52. The minimum atomic E-state index is -3.17. The van der Waals surface area contributed by atoms with Crippen molar-refractivity contribution in [1.82, 2.24) is 24.1 Å². The summed E-state index contributed by atoms with van der Waals surface area (Å²) in [5.41, 5.74) is 2.70. The molecule has 1 N–H and O–H groups in total. The van der Waals surface area contributed by atoms with Crippen molar-refractivity contribution in [2.75, 3.05) is 42.7 Å². The van der Waals surface area contributed by atoms with Crippen LogP contribution in [0.4, 0.5) is 20.2 Å². The summed E-state index contributed by atoms with van der Waals surface area (Å²) < 4.78 is 59.8. The highest BCUT2D eigenvalue weighted by Gasteiger charge is 2.54. The molecule has 1 aromatic carbocycles. The molecule has 1 spiro atoms. The largest absolute Gasteiger partial charge is 0.370 e. The fourth-order valence-electron chi connectivity index (χ4n) is 5.51. The van der Waals surface area contributed by atoms with E-state index < -0.39 is 33.8 Å². The van der Waals surface area contributed by atoms with Gasteiger partial charge in [0, 0.05) is 49.2 Å². The third kappa shape index (κ3) is 4.13. The summed E-state index contributed by atoms with van der Waals surface area (Å²) in [6.07, 6.45) is 3.75. The van der Waals surface area contributed by atoms with Gasteiger partial charge in [0.15, 0.2) is 0 Å². The number of rotatable bonds is 6. The summed E-state index contributed by atoms with van der Waals surface area (Å²) >= 11 is 0. The average molecular weight is 570 g/mol. The molecular weight excluding hydrogens is 544 g/mol. The van der Waals surface area contributed by atoms with Crippen molar-refractivity contribution >= 4 is 32.8 Å². The number of carbonyl (C=O) groups excluding carboxylic acids is 1. The zero-order chi connectivity index (χ0) is 28.0. The number of hydrogen-bond donors (Lipinski definition) is 1. The molecule has 40 heavy (non-hydrogen) atoms. The molecule has 3 fully saturated rings. The van der Waals surface area contributed by atoms with Gasteiger partial charge in [-0.25, -0.2) is 26.0 Å². The zero-order valence-electron chi connectivity index (χ0n) is 21.6. The first kappa shape index (κ1) is 25.1. The van der Waals surface area contributed by atoms with Gasteiger partial charge in [-0.3, -0.25) is 4.79 Å². The quantitative estimate of drug-likeness (QED) is 0.376. The number of fused-ring (bicyclic) bond motifs is 1. The Morgan fingerprint density at radius 2 is 1.95 bits per heavy atom. The van der Waals surface area contributed by atoms with Gasteiger partial charge in [0.1, 0.15) is 12.0 Å². The topological polar surface area (TPSA) is 126 Å². The molecule has 2 saturated heterocycles. The van der Waals surface area contributed by atoms with E-state index in [1.807, 2.05) is 12.1 Å². The summed E-state index contributed by atoms with van der Waals surface area (Å²) in [5, 5.41) is 10.9. The van der Waals surface area contributed by atoms with E-state index in [4.69, 9.17) is 4.52 Å². The number of aromatic nitrogens is 4. The van der Waals surface area contributed by atoms with Crippen molar-refractivity contribution in [3.05, 3.63) is 59.5 Å². The Balaban J connectivity index is 1.10. The minimum Gasteiger partial charge on any atom is -0.370 e. The average Bonchev–Trinajstić information content (AvgIpc) is 3.22. The van der Waals surface area contributed by atoms with Crippen molar-refractivity contribution in [2.24, 2.45) is 5.41 Å². The lowest BCUT2D eigenvalue weighted by atomic mass is 9.74. The van der Waals surface area contributed by atoms with Crippen molar-refractivity contribution in [3.63, 3.8) is 0 Å². The Labute approximate surface area is 227 Å². The van der Waals surface area contributed by atoms with Crippen molar-refractivity contribution in [1.29, 1.82) is 0 Å². The van der Waals surface area contributed by atoms with Gasteiger partial charge < -0.3 is 14.7 Å². The van der Waals surface area contributed by atoms with E-state index in [0.29, 0.717) is 41.8 Å². The number of halogens is 2. The molecular formula is C26H25F2N7O4S. The van der Waals surface area contributed by atoms with Gasteiger partial charge in [0.25, 0.3) is 5.91 Å². The van der Waals surface area contributed by atoms with Crippen molar-refractivity contribution in [3.8, 4) is 11.4 Å². The van der Waals surface area contributed by atoms with Gasteiger partial charge in [-0.05, 0) is 43.2 Å². The Hall–Kier alpha value is -3.91. The maximum Gasteiger partial charge on any atom is 0.259 e. The van der Waals surface area contributed by atoms with Crippen molar-refractivity contribution < 1.29 is 26.5 Å². The lowest BCUT2D eigenvalue weighted by molar-refractivity contribution is 0.0400. The molecule has 5 heterocycles. The molecule has 7 rings (SSSR count). The summed E-state index contributed by atoms with van der Waals surface area (Å²) in [4.78, 5) is 19.6. The number of hydrogen-bond acceptors (Lipinski definition) is 8. The molecule has 1 aliphatic carbocycles. The summed E-state index contributed by atoms with van der Waals surface area (Å²) in [6.45, 7) is 4.17. The van der Waals surface area contributed by atoms with E-state index in [-0.39, 0.29) is 22.7 Å². The van der Waals surface area contributed by atoms with Gasteiger partial charge >= 0.3 is 0 Å². The summed E-state index contributed by atoms with van der Waals surface area (Å²) in [6, 6.07) is 6.49. The predicted octanol–water partition coefficient (Wildman–Crippen LogP) is 2.99. The third-order valence-corrected chi connectivity index (χ3v) is 9.13. The zero-order valence-corrected chi connectivity index (χ0v) is 22.5. The molecule has 3 aliphatic rings.